The minimum absolute atomic E-state index is 0.304. The van der Waals surface area contributed by atoms with Crippen LogP contribution in [0.2, 0.25) is 0 Å². The van der Waals surface area contributed by atoms with Crippen LogP contribution in [-0.4, -0.2) is 37.3 Å². The Balaban J connectivity index is 2.11. The zero-order chi connectivity index (χ0) is 15.4. The van der Waals surface area contributed by atoms with E-state index < -0.39 is 0 Å². The molecule has 0 aliphatic carbocycles. The highest BCUT2D eigenvalue weighted by Gasteiger charge is 2.26. The number of pyridine rings is 1. The summed E-state index contributed by atoms with van der Waals surface area (Å²) in [6, 6.07) is 4.88. The third kappa shape index (κ3) is 4.42. The lowest BCUT2D eigenvalue weighted by molar-refractivity contribution is 0.0496. The molecule has 21 heavy (non-hydrogen) atoms. The minimum atomic E-state index is 0.304. The van der Waals surface area contributed by atoms with Crippen molar-refractivity contribution in [3.05, 3.63) is 23.4 Å². The smallest absolute Gasteiger partial charge is 0.129 e. The standard InChI is InChI=1S/C17H29N3O/c1-12(2)18-10-15-8-14(4)19-17(9-15)20-7-6-13(3)16(11-20)21-5/h8-9,12-13,16,18H,6-7,10-11H2,1-5H3. The molecule has 1 aromatic heterocycles. The molecule has 2 atom stereocenters. The Morgan fingerprint density at radius 2 is 2.19 bits per heavy atom. The van der Waals surface area contributed by atoms with Gasteiger partial charge in [-0.05, 0) is 37.0 Å². The number of nitrogens with zero attached hydrogens (tertiary/aromatic N) is 2. The summed E-state index contributed by atoms with van der Waals surface area (Å²) in [5.41, 5.74) is 2.39. The molecule has 1 aromatic rings. The van der Waals surface area contributed by atoms with Crippen molar-refractivity contribution in [2.75, 3.05) is 25.1 Å². The number of ether oxygens (including phenoxy) is 1. The van der Waals surface area contributed by atoms with Gasteiger partial charge in [0.05, 0.1) is 6.10 Å². The van der Waals surface area contributed by atoms with Crippen LogP contribution in [0.1, 0.15) is 38.4 Å². The van der Waals surface area contributed by atoms with E-state index in [9.17, 15) is 0 Å². The summed E-state index contributed by atoms with van der Waals surface area (Å²) in [5.74, 6) is 1.71. The lowest BCUT2D eigenvalue weighted by Crippen LogP contribution is -2.44. The van der Waals surface area contributed by atoms with Crippen LogP contribution in [0.3, 0.4) is 0 Å². The van der Waals surface area contributed by atoms with E-state index in [4.69, 9.17) is 9.72 Å². The first kappa shape index (κ1) is 16.2. The number of anilines is 1. The van der Waals surface area contributed by atoms with Crippen LogP contribution in [0.5, 0.6) is 0 Å². The molecule has 0 bridgehead atoms. The molecule has 118 valence electrons. The van der Waals surface area contributed by atoms with Crippen molar-refractivity contribution in [3.63, 3.8) is 0 Å². The minimum Gasteiger partial charge on any atom is -0.379 e. The average molecular weight is 291 g/mol. The monoisotopic (exact) mass is 291 g/mol. The Hall–Kier alpha value is -1.13. The molecule has 0 amide bonds. The van der Waals surface area contributed by atoms with Gasteiger partial charge >= 0.3 is 0 Å². The van der Waals surface area contributed by atoms with Gasteiger partial charge in [-0.15, -0.1) is 0 Å². The Morgan fingerprint density at radius 1 is 1.43 bits per heavy atom. The van der Waals surface area contributed by atoms with Gasteiger partial charge in [0.25, 0.3) is 0 Å². The molecule has 0 radical (unpaired) electrons. The van der Waals surface area contributed by atoms with E-state index in [-0.39, 0.29) is 0 Å². The zero-order valence-electron chi connectivity index (χ0n) is 14.0. The topological polar surface area (TPSA) is 37.4 Å². The van der Waals surface area contributed by atoms with Gasteiger partial charge < -0.3 is 15.0 Å². The Bertz CT molecular complexity index is 461. The molecular formula is C17H29N3O. The number of methoxy groups -OCH3 is 1. The van der Waals surface area contributed by atoms with Gasteiger partial charge in [0.2, 0.25) is 0 Å². The zero-order valence-corrected chi connectivity index (χ0v) is 14.0. The van der Waals surface area contributed by atoms with E-state index in [0.29, 0.717) is 18.1 Å². The molecule has 0 spiro atoms. The van der Waals surface area contributed by atoms with E-state index >= 15 is 0 Å². The van der Waals surface area contributed by atoms with Crippen molar-refractivity contribution >= 4 is 5.82 Å². The highest BCUT2D eigenvalue weighted by molar-refractivity contribution is 5.43. The van der Waals surface area contributed by atoms with Gasteiger partial charge in [0, 0.05) is 38.5 Å². The Kier molecular flexibility index (Phi) is 5.59. The highest BCUT2D eigenvalue weighted by Crippen LogP contribution is 2.24. The molecule has 0 aromatic carbocycles. The summed E-state index contributed by atoms with van der Waals surface area (Å²) in [7, 11) is 1.81. The van der Waals surface area contributed by atoms with E-state index in [0.717, 1.165) is 37.6 Å². The fourth-order valence-electron chi connectivity index (χ4n) is 2.86. The third-order valence-corrected chi connectivity index (χ3v) is 4.23. The van der Waals surface area contributed by atoms with Crippen LogP contribution in [0, 0.1) is 12.8 Å². The molecular weight excluding hydrogens is 262 g/mol. The van der Waals surface area contributed by atoms with Gasteiger partial charge in [-0.1, -0.05) is 20.8 Å². The van der Waals surface area contributed by atoms with Crippen molar-refractivity contribution in [3.8, 4) is 0 Å². The SMILES string of the molecule is COC1CN(c2cc(CNC(C)C)cc(C)n2)CCC1C. The van der Waals surface area contributed by atoms with Crippen molar-refractivity contribution in [1.82, 2.24) is 10.3 Å². The van der Waals surface area contributed by atoms with Crippen LogP contribution in [-0.2, 0) is 11.3 Å². The molecule has 2 rings (SSSR count). The number of aromatic nitrogens is 1. The second-order valence-electron chi connectivity index (χ2n) is 6.50. The van der Waals surface area contributed by atoms with E-state index in [1.807, 2.05) is 7.11 Å². The lowest BCUT2D eigenvalue weighted by Gasteiger charge is -2.37. The summed E-state index contributed by atoms with van der Waals surface area (Å²) in [6.07, 6.45) is 1.46. The molecule has 4 heteroatoms. The average Bonchev–Trinajstić information content (AvgIpc) is 2.45. The maximum absolute atomic E-state index is 5.61. The molecule has 1 aliphatic rings. The number of rotatable bonds is 5. The first-order valence-corrected chi connectivity index (χ1v) is 7.98. The van der Waals surface area contributed by atoms with Crippen LogP contribution < -0.4 is 10.2 Å². The summed E-state index contributed by atoms with van der Waals surface area (Å²) >= 11 is 0. The van der Waals surface area contributed by atoms with Crippen molar-refractivity contribution in [2.24, 2.45) is 5.92 Å². The molecule has 1 fully saturated rings. The van der Waals surface area contributed by atoms with Crippen molar-refractivity contribution in [1.29, 1.82) is 0 Å². The van der Waals surface area contributed by atoms with Gasteiger partial charge in [0.15, 0.2) is 0 Å². The predicted molar refractivity (Wildman–Crippen MR) is 87.7 cm³/mol. The van der Waals surface area contributed by atoms with E-state index in [1.165, 1.54) is 5.56 Å². The van der Waals surface area contributed by atoms with Crippen molar-refractivity contribution < 1.29 is 4.74 Å². The predicted octanol–water partition coefficient (Wildman–Crippen LogP) is 2.75. The van der Waals surface area contributed by atoms with Crippen molar-refractivity contribution in [2.45, 2.75) is 52.8 Å². The van der Waals surface area contributed by atoms with Crippen LogP contribution in [0.15, 0.2) is 12.1 Å². The molecule has 0 saturated carbocycles. The first-order valence-electron chi connectivity index (χ1n) is 7.98. The van der Waals surface area contributed by atoms with E-state index in [2.05, 4.69) is 50.0 Å². The number of nitrogens with one attached hydrogen (secondary N) is 1. The summed E-state index contributed by atoms with van der Waals surface area (Å²) in [4.78, 5) is 7.08. The summed E-state index contributed by atoms with van der Waals surface area (Å²) < 4.78 is 5.61. The molecule has 1 N–H and O–H groups in total. The first-order chi connectivity index (χ1) is 9.99. The van der Waals surface area contributed by atoms with Gasteiger partial charge in [-0.3, -0.25) is 0 Å². The second kappa shape index (κ2) is 7.23. The maximum Gasteiger partial charge on any atom is 0.129 e. The maximum atomic E-state index is 5.61. The molecule has 2 heterocycles. The number of aryl methyl sites for hydroxylation is 1. The van der Waals surface area contributed by atoms with Crippen LogP contribution in [0.4, 0.5) is 5.82 Å². The van der Waals surface area contributed by atoms with E-state index in [1.54, 1.807) is 0 Å². The fourth-order valence-corrected chi connectivity index (χ4v) is 2.86. The quantitative estimate of drug-likeness (QED) is 0.905. The van der Waals surface area contributed by atoms with Gasteiger partial charge in [0.1, 0.15) is 5.82 Å². The summed E-state index contributed by atoms with van der Waals surface area (Å²) in [5, 5.41) is 3.48. The largest absolute Gasteiger partial charge is 0.379 e. The second-order valence-corrected chi connectivity index (χ2v) is 6.50. The molecule has 2 unspecified atom stereocenters. The number of hydrogen-bond donors (Lipinski definition) is 1. The summed E-state index contributed by atoms with van der Waals surface area (Å²) in [6.45, 7) is 11.6. The molecule has 1 saturated heterocycles. The van der Waals surface area contributed by atoms with Crippen LogP contribution in [0.25, 0.3) is 0 Å². The fraction of sp³-hybridized carbons (Fsp3) is 0.706. The number of piperidine rings is 1. The number of hydrogen-bond acceptors (Lipinski definition) is 4. The normalized spacial score (nSPS) is 22.9. The molecule has 4 nitrogen and oxygen atoms in total. The highest BCUT2D eigenvalue weighted by atomic mass is 16.5. The van der Waals surface area contributed by atoms with Gasteiger partial charge in [-0.2, -0.15) is 0 Å². The third-order valence-electron chi connectivity index (χ3n) is 4.23. The Labute approximate surface area is 128 Å². The Morgan fingerprint density at radius 3 is 2.86 bits per heavy atom. The van der Waals surface area contributed by atoms with Gasteiger partial charge in [-0.25, -0.2) is 4.98 Å². The molecule has 1 aliphatic heterocycles. The lowest BCUT2D eigenvalue weighted by atomic mass is 9.96. The van der Waals surface area contributed by atoms with Crippen LogP contribution >= 0.6 is 0 Å².